The molecule has 0 aliphatic carbocycles. The second-order valence-electron chi connectivity index (χ2n) is 5.75. The summed E-state index contributed by atoms with van der Waals surface area (Å²) in [5.41, 5.74) is 0.542. The molecule has 2 atom stereocenters. The lowest BCUT2D eigenvalue weighted by Gasteiger charge is -2.39. The van der Waals surface area contributed by atoms with Gasteiger partial charge in [0.15, 0.2) is 0 Å². The van der Waals surface area contributed by atoms with E-state index in [1.165, 1.54) is 25.9 Å². The van der Waals surface area contributed by atoms with Gasteiger partial charge in [0.2, 0.25) is 0 Å². The van der Waals surface area contributed by atoms with Gasteiger partial charge in [0.1, 0.15) is 0 Å². The van der Waals surface area contributed by atoms with Gasteiger partial charge in [-0.15, -0.1) is 0 Å². The van der Waals surface area contributed by atoms with Crippen LogP contribution in [0.1, 0.15) is 40.5 Å². The molecular weight excluding hydrogens is 158 g/mol. The zero-order valence-corrected chi connectivity index (χ0v) is 9.93. The quantitative estimate of drug-likeness (QED) is 0.558. The molecule has 1 aliphatic heterocycles. The standard InChI is InChI=1S/C12H25N/c1-10-8-12(3,4)11(2)6-7-13(5)9-10/h10-11H,6-9H2,1-5H3. The van der Waals surface area contributed by atoms with Crippen LogP contribution in [0.4, 0.5) is 0 Å². The molecule has 1 fully saturated rings. The molecule has 1 heterocycles. The Kier molecular flexibility index (Phi) is 3.39. The van der Waals surface area contributed by atoms with Gasteiger partial charge >= 0.3 is 0 Å². The van der Waals surface area contributed by atoms with Gasteiger partial charge in [0.25, 0.3) is 0 Å². The lowest BCUT2D eigenvalue weighted by Crippen LogP contribution is -2.36. The second kappa shape index (κ2) is 4.00. The highest BCUT2D eigenvalue weighted by atomic mass is 15.1. The van der Waals surface area contributed by atoms with Gasteiger partial charge in [0.05, 0.1) is 0 Å². The van der Waals surface area contributed by atoms with E-state index in [2.05, 4.69) is 39.6 Å². The van der Waals surface area contributed by atoms with Crippen LogP contribution >= 0.6 is 0 Å². The Bertz CT molecular complexity index is 163. The van der Waals surface area contributed by atoms with Crippen LogP contribution in [0, 0.1) is 17.3 Å². The smallest absolute Gasteiger partial charge is 0.000417 e. The van der Waals surface area contributed by atoms with E-state index in [9.17, 15) is 0 Å². The minimum absolute atomic E-state index is 0.542. The first kappa shape index (κ1) is 11.0. The summed E-state index contributed by atoms with van der Waals surface area (Å²) in [7, 11) is 2.25. The predicted molar refractivity (Wildman–Crippen MR) is 58.8 cm³/mol. The molecule has 0 aromatic rings. The number of hydrogen-bond acceptors (Lipinski definition) is 1. The third-order valence-electron chi connectivity index (χ3n) is 3.78. The Balaban J connectivity index is 2.62. The van der Waals surface area contributed by atoms with E-state index >= 15 is 0 Å². The summed E-state index contributed by atoms with van der Waals surface area (Å²) >= 11 is 0. The molecule has 13 heavy (non-hydrogen) atoms. The molecule has 0 aromatic heterocycles. The van der Waals surface area contributed by atoms with Crippen molar-refractivity contribution >= 4 is 0 Å². The Labute approximate surface area is 83.5 Å². The lowest BCUT2D eigenvalue weighted by atomic mass is 9.71. The zero-order chi connectivity index (χ0) is 10.1. The summed E-state index contributed by atoms with van der Waals surface area (Å²) in [5.74, 6) is 1.71. The van der Waals surface area contributed by atoms with Crippen molar-refractivity contribution in [3.05, 3.63) is 0 Å². The Hall–Kier alpha value is -0.0400. The summed E-state index contributed by atoms with van der Waals surface area (Å²) in [6.45, 7) is 12.2. The van der Waals surface area contributed by atoms with E-state index in [4.69, 9.17) is 0 Å². The van der Waals surface area contributed by atoms with Gasteiger partial charge in [-0.25, -0.2) is 0 Å². The van der Waals surface area contributed by atoms with Crippen LogP contribution in [0.5, 0.6) is 0 Å². The van der Waals surface area contributed by atoms with Gasteiger partial charge in [-0.1, -0.05) is 27.7 Å². The summed E-state index contributed by atoms with van der Waals surface area (Å²) in [6.07, 6.45) is 2.73. The minimum atomic E-state index is 0.542. The van der Waals surface area contributed by atoms with Crippen molar-refractivity contribution in [1.29, 1.82) is 0 Å². The van der Waals surface area contributed by atoms with Crippen LogP contribution in [-0.4, -0.2) is 25.0 Å². The number of likely N-dealkylation sites (tertiary alicyclic amines) is 1. The Morgan fingerprint density at radius 1 is 1.23 bits per heavy atom. The Morgan fingerprint density at radius 2 is 1.85 bits per heavy atom. The molecule has 78 valence electrons. The van der Waals surface area contributed by atoms with Crippen LogP contribution < -0.4 is 0 Å². The molecular formula is C12H25N. The van der Waals surface area contributed by atoms with Gasteiger partial charge in [0, 0.05) is 6.54 Å². The van der Waals surface area contributed by atoms with Gasteiger partial charge in [-0.05, 0) is 43.7 Å². The van der Waals surface area contributed by atoms with E-state index in [0.717, 1.165) is 11.8 Å². The lowest BCUT2D eigenvalue weighted by molar-refractivity contribution is 0.110. The maximum absolute atomic E-state index is 2.48. The first-order valence-corrected chi connectivity index (χ1v) is 5.60. The van der Waals surface area contributed by atoms with Crippen LogP contribution in [0.15, 0.2) is 0 Å². The molecule has 0 amide bonds. The highest BCUT2D eigenvalue weighted by Gasteiger charge is 2.29. The fourth-order valence-corrected chi connectivity index (χ4v) is 2.59. The van der Waals surface area contributed by atoms with Gasteiger partial charge in [-0.2, -0.15) is 0 Å². The third-order valence-corrected chi connectivity index (χ3v) is 3.78. The molecule has 1 nitrogen and oxygen atoms in total. The summed E-state index contributed by atoms with van der Waals surface area (Å²) in [5, 5.41) is 0. The molecule has 1 aliphatic rings. The molecule has 0 bridgehead atoms. The topological polar surface area (TPSA) is 3.24 Å². The molecule has 0 spiro atoms. The van der Waals surface area contributed by atoms with E-state index in [1.54, 1.807) is 0 Å². The highest BCUT2D eigenvalue weighted by Crippen LogP contribution is 2.37. The molecule has 0 aromatic carbocycles. The second-order valence-corrected chi connectivity index (χ2v) is 5.75. The first-order valence-electron chi connectivity index (χ1n) is 5.60. The maximum Gasteiger partial charge on any atom is 0.000417 e. The SMILES string of the molecule is CC1CN(C)CCC(C)C(C)(C)C1. The Morgan fingerprint density at radius 3 is 2.46 bits per heavy atom. The maximum atomic E-state index is 2.48. The molecule has 0 radical (unpaired) electrons. The van der Waals surface area contributed by atoms with Crippen molar-refractivity contribution in [2.24, 2.45) is 17.3 Å². The van der Waals surface area contributed by atoms with Gasteiger partial charge in [-0.3, -0.25) is 0 Å². The molecule has 1 saturated heterocycles. The van der Waals surface area contributed by atoms with Crippen LogP contribution in [0.25, 0.3) is 0 Å². The summed E-state index contributed by atoms with van der Waals surface area (Å²) in [6, 6.07) is 0. The van der Waals surface area contributed by atoms with Crippen molar-refractivity contribution in [3.8, 4) is 0 Å². The van der Waals surface area contributed by atoms with Crippen LogP contribution in [0.2, 0.25) is 0 Å². The predicted octanol–water partition coefficient (Wildman–Crippen LogP) is 3.01. The monoisotopic (exact) mass is 183 g/mol. The van der Waals surface area contributed by atoms with Gasteiger partial charge < -0.3 is 4.90 Å². The summed E-state index contributed by atoms with van der Waals surface area (Å²) in [4.78, 5) is 2.48. The van der Waals surface area contributed by atoms with E-state index in [0.29, 0.717) is 5.41 Å². The molecule has 1 heteroatoms. The zero-order valence-electron chi connectivity index (χ0n) is 9.93. The summed E-state index contributed by atoms with van der Waals surface area (Å²) < 4.78 is 0. The number of rotatable bonds is 0. The fraction of sp³-hybridized carbons (Fsp3) is 1.00. The van der Waals surface area contributed by atoms with Crippen molar-refractivity contribution in [2.45, 2.75) is 40.5 Å². The largest absolute Gasteiger partial charge is 0.306 e. The molecule has 2 unspecified atom stereocenters. The third kappa shape index (κ3) is 2.98. The molecule has 1 rings (SSSR count). The van der Waals surface area contributed by atoms with Crippen molar-refractivity contribution < 1.29 is 0 Å². The molecule has 0 saturated carbocycles. The fourth-order valence-electron chi connectivity index (χ4n) is 2.59. The van der Waals surface area contributed by atoms with Crippen LogP contribution in [-0.2, 0) is 0 Å². The average Bonchev–Trinajstić information content (AvgIpc) is 1.97. The highest BCUT2D eigenvalue weighted by molar-refractivity contribution is 4.81. The van der Waals surface area contributed by atoms with E-state index < -0.39 is 0 Å². The number of hydrogen-bond donors (Lipinski definition) is 0. The normalized spacial score (nSPS) is 36.7. The van der Waals surface area contributed by atoms with Crippen molar-refractivity contribution in [2.75, 3.05) is 20.1 Å². The van der Waals surface area contributed by atoms with E-state index in [-0.39, 0.29) is 0 Å². The minimum Gasteiger partial charge on any atom is -0.306 e. The number of nitrogens with zero attached hydrogens (tertiary/aromatic N) is 1. The first-order chi connectivity index (χ1) is 5.92. The van der Waals surface area contributed by atoms with Crippen molar-refractivity contribution in [1.82, 2.24) is 4.90 Å². The van der Waals surface area contributed by atoms with E-state index in [1.807, 2.05) is 0 Å². The van der Waals surface area contributed by atoms with Crippen molar-refractivity contribution in [3.63, 3.8) is 0 Å². The molecule has 0 N–H and O–H groups in total. The van der Waals surface area contributed by atoms with Crippen LogP contribution in [0.3, 0.4) is 0 Å². The average molecular weight is 183 g/mol.